The number of hydrogen-bond donors (Lipinski definition) is 2. The van der Waals surface area contributed by atoms with Crippen molar-refractivity contribution in [1.29, 1.82) is 0 Å². The van der Waals surface area contributed by atoms with Crippen molar-refractivity contribution >= 4 is 0 Å². The first kappa shape index (κ1) is 22.2. The molecule has 1 aromatic carbocycles. The molecule has 0 radical (unpaired) electrons. The van der Waals surface area contributed by atoms with E-state index in [1.807, 2.05) is 53.7 Å². The summed E-state index contributed by atoms with van der Waals surface area (Å²) in [5, 5.41) is 9.21. The highest BCUT2D eigenvalue weighted by Crippen LogP contribution is 2.33. The van der Waals surface area contributed by atoms with Crippen LogP contribution in [0.1, 0.15) is 59.1 Å². The summed E-state index contributed by atoms with van der Waals surface area (Å²) in [4.78, 5) is 0. The number of rotatable bonds is 1. The predicted molar refractivity (Wildman–Crippen MR) is 93.0 cm³/mol. The average molecular weight is 297 g/mol. The van der Waals surface area contributed by atoms with Gasteiger partial charge in [0.05, 0.1) is 6.61 Å². The van der Waals surface area contributed by atoms with E-state index in [-0.39, 0.29) is 12.2 Å². The Kier molecular flexibility index (Phi) is 13.4. The Bertz CT molecular complexity index is 366. The average Bonchev–Trinajstić information content (AvgIpc) is 2.52. The van der Waals surface area contributed by atoms with Gasteiger partial charge in [-0.15, -0.1) is 0 Å². The van der Waals surface area contributed by atoms with Crippen LogP contribution in [-0.2, 0) is 6.42 Å². The van der Waals surface area contributed by atoms with Crippen LogP contribution in [0.5, 0.6) is 5.75 Å². The summed E-state index contributed by atoms with van der Waals surface area (Å²) in [6.07, 6.45) is 1.88. The molecular weight excluding hydrogens is 262 g/mol. The van der Waals surface area contributed by atoms with Crippen LogP contribution in [0.3, 0.4) is 0 Å². The molecule has 0 fully saturated rings. The zero-order valence-corrected chi connectivity index (χ0v) is 15.0. The molecule has 1 aromatic rings. The van der Waals surface area contributed by atoms with Gasteiger partial charge in [-0.05, 0) is 44.9 Å². The molecule has 3 nitrogen and oxygen atoms in total. The van der Waals surface area contributed by atoms with E-state index in [0.29, 0.717) is 0 Å². The quantitative estimate of drug-likeness (QED) is 0.821. The van der Waals surface area contributed by atoms with Gasteiger partial charge in [-0.2, -0.15) is 0 Å². The van der Waals surface area contributed by atoms with Gasteiger partial charge in [0.1, 0.15) is 11.4 Å². The Morgan fingerprint density at radius 3 is 2.24 bits per heavy atom. The maximum absolute atomic E-state index is 9.21. The molecule has 1 aliphatic rings. The van der Waals surface area contributed by atoms with Gasteiger partial charge >= 0.3 is 0 Å². The summed E-state index contributed by atoms with van der Waals surface area (Å²) in [5.41, 5.74) is 6.98. The predicted octanol–water partition coefficient (Wildman–Crippen LogP) is 4.09. The lowest BCUT2D eigenvalue weighted by Gasteiger charge is -2.34. The number of ether oxygens (including phenoxy) is 1. The Hall–Kier alpha value is -1.06. The molecule has 0 saturated heterocycles. The smallest absolute Gasteiger partial charge is 0.129 e. The number of benzene rings is 1. The van der Waals surface area contributed by atoms with Crippen LogP contribution in [-0.4, -0.2) is 23.9 Å². The molecule has 124 valence electrons. The van der Waals surface area contributed by atoms with Crippen LogP contribution in [0.25, 0.3) is 0 Å². The number of fused-ring (bicyclic) bond motifs is 1. The van der Waals surface area contributed by atoms with Crippen LogP contribution in [0.4, 0.5) is 0 Å². The molecule has 0 spiro atoms. The molecule has 1 unspecified atom stereocenters. The fourth-order valence-electron chi connectivity index (χ4n) is 1.83. The van der Waals surface area contributed by atoms with E-state index in [2.05, 4.69) is 13.0 Å². The molecule has 0 saturated carbocycles. The largest absolute Gasteiger partial charge is 0.485 e. The van der Waals surface area contributed by atoms with E-state index in [1.54, 1.807) is 0 Å². The molecule has 1 aliphatic heterocycles. The highest BCUT2D eigenvalue weighted by atomic mass is 16.5. The van der Waals surface area contributed by atoms with Crippen molar-refractivity contribution in [2.24, 2.45) is 5.73 Å². The number of aryl methyl sites for hydroxylation is 2. The molecule has 3 heteroatoms. The maximum atomic E-state index is 9.21. The second kappa shape index (κ2) is 12.7. The fourth-order valence-corrected chi connectivity index (χ4v) is 1.83. The summed E-state index contributed by atoms with van der Waals surface area (Å²) >= 11 is 0. The van der Waals surface area contributed by atoms with Crippen molar-refractivity contribution in [2.75, 3.05) is 13.2 Å². The lowest BCUT2D eigenvalue weighted by Crippen LogP contribution is -2.39. The molecule has 1 atom stereocenters. The minimum Gasteiger partial charge on any atom is -0.485 e. The van der Waals surface area contributed by atoms with E-state index in [1.165, 1.54) is 11.1 Å². The van der Waals surface area contributed by atoms with Crippen molar-refractivity contribution in [1.82, 2.24) is 0 Å². The minimum absolute atomic E-state index is 0.0836. The van der Waals surface area contributed by atoms with Gasteiger partial charge in [0.15, 0.2) is 0 Å². The standard InChI is InChI=1S/C12H16O2.C2H7N.2C2H6/c1-9-3-4-11-10(7-9)5-6-12(2,8-13)14-11;1-2-3;2*1-2/h3-4,7,13H,5-6,8H2,1-2H3;2-3H2,1H3;2*1-2H3. The minimum atomic E-state index is -0.387. The summed E-state index contributed by atoms with van der Waals surface area (Å²) in [5.74, 6) is 0.929. The molecule has 3 N–H and O–H groups in total. The third-order valence-corrected chi connectivity index (χ3v) is 2.83. The van der Waals surface area contributed by atoms with E-state index in [4.69, 9.17) is 10.5 Å². The molecule has 2 rings (SSSR count). The topological polar surface area (TPSA) is 55.5 Å². The van der Waals surface area contributed by atoms with Crippen molar-refractivity contribution < 1.29 is 9.84 Å². The first-order chi connectivity index (χ1) is 10.0. The van der Waals surface area contributed by atoms with Crippen molar-refractivity contribution in [2.45, 2.75) is 66.9 Å². The summed E-state index contributed by atoms with van der Waals surface area (Å²) in [6.45, 7) is 14.8. The summed E-state index contributed by atoms with van der Waals surface area (Å²) in [6, 6.07) is 6.20. The monoisotopic (exact) mass is 297 g/mol. The first-order valence-corrected chi connectivity index (χ1v) is 8.14. The maximum Gasteiger partial charge on any atom is 0.129 e. The zero-order valence-electron chi connectivity index (χ0n) is 15.0. The van der Waals surface area contributed by atoms with Gasteiger partial charge in [-0.1, -0.05) is 52.3 Å². The van der Waals surface area contributed by atoms with E-state index < -0.39 is 0 Å². The summed E-state index contributed by atoms with van der Waals surface area (Å²) in [7, 11) is 0. The molecule has 0 aliphatic carbocycles. The second-order valence-electron chi connectivity index (χ2n) is 4.73. The van der Waals surface area contributed by atoms with E-state index in [9.17, 15) is 5.11 Å². The van der Waals surface area contributed by atoms with Crippen LogP contribution in [0.15, 0.2) is 18.2 Å². The van der Waals surface area contributed by atoms with Crippen LogP contribution in [0, 0.1) is 6.92 Å². The molecule has 0 aromatic heterocycles. The Morgan fingerprint density at radius 2 is 1.76 bits per heavy atom. The summed E-state index contributed by atoms with van der Waals surface area (Å²) < 4.78 is 5.77. The van der Waals surface area contributed by atoms with Crippen molar-refractivity contribution in [3.63, 3.8) is 0 Å². The van der Waals surface area contributed by atoms with Crippen LogP contribution in [0.2, 0.25) is 0 Å². The van der Waals surface area contributed by atoms with Crippen molar-refractivity contribution in [3.8, 4) is 5.75 Å². The zero-order chi connectivity index (χ0) is 16.9. The lowest BCUT2D eigenvalue weighted by molar-refractivity contribution is 0.00807. The SMILES string of the molecule is CC.CC.CCN.Cc1ccc2c(c1)CCC(C)(CO)O2. The van der Waals surface area contributed by atoms with Gasteiger partial charge in [0, 0.05) is 0 Å². The highest BCUT2D eigenvalue weighted by Gasteiger charge is 2.30. The van der Waals surface area contributed by atoms with Gasteiger partial charge in [0.2, 0.25) is 0 Å². The molecule has 0 amide bonds. The molecular formula is C18H35NO2. The highest BCUT2D eigenvalue weighted by molar-refractivity contribution is 5.39. The van der Waals surface area contributed by atoms with Gasteiger partial charge in [-0.25, -0.2) is 0 Å². The Balaban J connectivity index is 0. The molecule has 0 bridgehead atoms. The normalized spacial score (nSPS) is 18.3. The van der Waals surface area contributed by atoms with Crippen molar-refractivity contribution in [3.05, 3.63) is 29.3 Å². The Labute approximate surface area is 131 Å². The van der Waals surface area contributed by atoms with E-state index in [0.717, 1.165) is 25.1 Å². The van der Waals surface area contributed by atoms with Crippen LogP contribution >= 0.6 is 0 Å². The first-order valence-electron chi connectivity index (χ1n) is 8.14. The lowest BCUT2D eigenvalue weighted by atomic mass is 9.92. The third-order valence-electron chi connectivity index (χ3n) is 2.83. The number of hydrogen-bond acceptors (Lipinski definition) is 3. The fraction of sp³-hybridized carbons (Fsp3) is 0.667. The Morgan fingerprint density at radius 1 is 1.24 bits per heavy atom. The van der Waals surface area contributed by atoms with Gasteiger partial charge in [-0.3, -0.25) is 0 Å². The van der Waals surface area contributed by atoms with E-state index >= 15 is 0 Å². The van der Waals surface area contributed by atoms with Gasteiger partial charge in [0.25, 0.3) is 0 Å². The second-order valence-corrected chi connectivity index (χ2v) is 4.73. The third kappa shape index (κ3) is 8.08. The van der Waals surface area contributed by atoms with Crippen LogP contribution < -0.4 is 10.5 Å². The number of aliphatic hydroxyl groups excluding tert-OH is 1. The number of nitrogens with two attached hydrogens (primary N) is 1. The molecule has 21 heavy (non-hydrogen) atoms. The van der Waals surface area contributed by atoms with Gasteiger partial charge < -0.3 is 15.6 Å². The number of aliphatic hydroxyl groups is 1. The molecule has 1 heterocycles.